The van der Waals surface area contributed by atoms with Crippen LogP contribution in [0.25, 0.3) is 0 Å². The molecule has 0 aliphatic heterocycles. The van der Waals surface area contributed by atoms with Crippen molar-refractivity contribution in [2.24, 2.45) is 13.0 Å². The highest BCUT2D eigenvalue weighted by Gasteiger charge is 2.20. The number of aryl methyl sites for hydroxylation is 2. The molecule has 0 radical (unpaired) electrons. The molecule has 17 heavy (non-hydrogen) atoms. The molecule has 1 heterocycles. The van der Waals surface area contributed by atoms with E-state index >= 15 is 0 Å². The van der Waals surface area contributed by atoms with E-state index in [1.807, 2.05) is 14.0 Å². The second-order valence-corrected chi connectivity index (χ2v) is 5.27. The monoisotopic (exact) mass is 237 g/mol. The van der Waals surface area contributed by atoms with Gasteiger partial charge in [0.25, 0.3) is 0 Å². The molecule has 1 fully saturated rings. The average molecular weight is 237 g/mol. The van der Waals surface area contributed by atoms with Crippen molar-refractivity contribution < 1.29 is 4.74 Å². The van der Waals surface area contributed by atoms with Gasteiger partial charge < -0.3 is 10.5 Å². The predicted octanol–water partition coefficient (Wildman–Crippen LogP) is 2.41. The summed E-state index contributed by atoms with van der Waals surface area (Å²) in [5, 5.41) is 4.30. The fraction of sp³-hybridized carbons (Fsp3) is 0.769. The van der Waals surface area contributed by atoms with Gasteiger partial charge in [-0.2, -0.15) is 5.10 Å². The normalized spacial score (nSPS) is 25.1. The van der Waals surface area contributed by atoms with Crippen molar-refractivity contribution in [3.05, 3.63) is 11.3 Å². The van der Waals surface area contributed by atoms with Gasteiger partial charge in [0.2, 0.25) is 0 Å². The molecule has 0 unspecified atom stereocenters. The molecule has 2 rings (SSSR count). The molecule has 1 aromatic rings. The van der Waals surface area contributed by atoms with Crippen molar-refractivity contribution in [2.75, 3.05) is 5.73 Å². The molecular weight excluding hydrogens is 214 g/mol. The zero-order valence-corrected chi connectivity index (χ0v) is 11.1. The van der Waals surface area contributed by atoms with E-state index < -0.39 is 0 Å². The van der Waals surface area contributed by atoms with E-state index in [1.54, 1.807) is 4.68 Å². The van der Waals surface area contributed by atoms with E-state index in [-0.39, 0.29) is 0 Å². The highest BCUT2D eigenvalue weighted by Crippen LogP contribution is 2.27. The van der Waals surface area contributed by atoms with Gasteiger partial charge in [0.15, 0.2) is 0 Å². The summed E-state index contributed by atoms with van der Waals surface area (Å²) in [5.41, 5.74) is 7.99. The second kappa shape index (κ2) is 5.08. The van der Waals surface area contributed by atoms with Crippen molar-refractivity contribution in [1.29, 1.82) is 0 Å². The number of hydrogen-bond acceptors (Lipinski definition) is 3. The molecule has 96 valence electrons. The van der Waals surface area contributed by atoms with Crippen LogP contribution in [-0.2, 0) is 18.4 Å². The molecule has 1 saturated carbocycles. The van der Waals surface area contributed by atoms with Gasteiger partial charge in [-0.25, -0.2) is 0 Å². The minimum atomic E-state index is 0.408. The van der Waals surface area contributed by atoms with Crippen LogP contribution in [-0.4, -0.2) is 15.9 Å². The Bertz CT molecular complexity index is 378. The first kappa shape index (κ1) is 12.4. The van der Waals surface area contributed by atoms with Crippen LogP contribution in [0.3, 0.4) is 0 Å². The summed E-state index contributed by atoms with van der Waals surface area (Å²) in [5.74, 6) is 1.59. The summed E-state index contributed by atoms with van der Waals surface area (Å²) in [6.07, 6.45) is 5.34. The summed E-state index contributed by atoms with van der Waals surface area (Å²) in [4.78, 5) is 0. The third-order valence-electron chi connectivity index (χ3n) is 3.82. The fourth-order valence-electron chi connectivity index (χ4n) is 2.50. The molecule has 0 saturated heterocycles. The molecule has 0 aromatic carbocycles. The van der Waals surface area contributed by atoms with E-state index in [0.29, 0.717) is 12.7 Å². The van der Waals surface area contributed by atoms with E-state index in [0.717, 1.165) is 23.0 Å². The lowest BCUT2D eigenvalue weighted by atomic mass is 9.89. The van der Waals surface area contributed by atoms with Crippen LogP contribution in [0.5, 0.6) is 0 Å². The Labute approximate surface area is 103 Å². The van der Waals surface area contributed by atoms with Crippen molar-refractivity contribution in [1.82, 2.24) is 9.78 Å². The van der Waals surface area contributed by atoms with Crippen LogP contribution in [0, 0.1) is 12.8 Å². The molecule has 0 spiro atoms. The van der Waals surface area contributed by atoms with Crippen LogP contribution in [0.1, 0.15) is 43.9 Å². The van der Waals surface area contributed by atoms with Gasteiger partial charge in [-0.05, 0) is 38.5 Å². The molecule has 1 aliphatic carbocycles. The van der Waals surface area contributed by atoms with Crippen molar-refractivity contribution >= 4 is 5.82 Å². The highest BCUT2D eigenvalue weighted by molar-refractivity contribution is 5.42. The summed E-state index contributed by atoms with van der Waals surface area (Å²) >= 11 is 0. The van der Waals surface area contributed by atoms with E-state index in [9.17, 15) is 0 Å². The third kappa shape index (κ3) is 2.80. The number of anilines is 1. The van der Waals surface area contributed by atoms with Gasteiger partial charge in [-0.1, -0.05) is 6.92 Å². The van der Waals surface area contributed by atoms with Gasteiger partial charge >= 0.3 is 0 Å². The summed E-state index contributed by atoms with van der Waals surface area (Å²) in [7, 11) is 1.87. The number of ether oxygens (including phenoxy) is 1. The molecule has 1 aromatic heterocycles. The minimum absolute atomic E-state index is 0.408. The van der Waals surface area contributed by atoms with E-state index in [1.165, 1.54) is 25.7 Å². The molecule has 4 nitrogen and oxygen atoms in total. The van der Waals surface area contributed by atoms with E-state index in [4.69, 9.17) is 10.5 Å². The van der Waals surface area contributed by atoms with Gasteiger partial charge in [0, 0.05) is 12.6 Å². The van der Waals surface area contributed by atoms with Gasteiger partial charge in [0.1, 0.15) is 5.82 Å². The Morgan fingerprint density at radius 3 is 2.53 bits per heavy atom. The Morgan fingerprint density at radius 1 is 1.35 bits per heavy atom. The van der Waals surface area contributed by atoms with Crippen LogP contribution in [0.4, 0.5) is 5.82 Å². The average Bonchev–Trinajstić information content (AvgIpc) is 2.54. The zero-order chi connectivity index (χ0) is 12.4. The Morgan fingerprint density at radius 2 is 2.00 bits per heavy atom. The number of nitrogens with zero attached hydrogens (tertiary/aromatic N) is 2. The van der Waals surface area contributed by atoms with Crippen molar-refractivity contribution in [3.8, 4) is 0 Å². The molecule has 0 amide bonds. The smallest absolute Gasteiger partial charge is 0.127 e. The highest BCUT2D eigenvalue weighted by atomic mass is 16.5. The van der Waals surface area contributed by atoms with Crippen molar-refractivity contribution in [3.63, 3.8) is 0 Å². The molecule has 1 aliphatic rings. The standard InChI is InChI=1S/C13H23N3O/c1-9-4-6-11(7-5-9)17-8-12-10(2)15-16(3)13(12)14/h9,11H,4-8,14H2,1-3H3. The maximum atomic E-state index is 5.96. The first-order valence-corrected chi connectivity index (χ1v) is 6.47. The first-order chi connectivity index (χ1) is 8.08. The van der Waals surface area contributed by atoms with E-state index in [2.05, 4.69) is 12.0 Å². The summed E-state index contributed by atoms with van der Waals surface area (Å²) in [6, 6.07) is 0. The molecule has 0 bridgehead atoms. The quantitative estimate of drug-likeness (QED) is 0.878. The van der Waals surface area contributed by atoms with Crippen LogP contribution in [0.15, 0.2) is 0 Å². The molecule has 4 heteroatoms. The Hall–Kier alpha value is -1.03. The topological polar surface area (TPSA) is 53.1 Å². The number of rotatable bonds is 3. The van der Waals surface area contributed by atoms with Crippen molar-refractivity contribution in [2.45, 2.75) is 52.2 Å². The maximum absolute atomic E-state index is 5.96. The largest absolute Gasteiger partial charge is 0.384 e. The predicted molar refractivity (Wildman–Crippen MR) is 68.6 cm³/mol. The maximum Gasteiger partial charge on any atom is 0.127 e. The van der Waals surface area contributed by atoms with Gasteiger partial charge in [-0.3, -0.25) is 4.68 Å². The molecule has 2 N–H and O–H groups in total. The minimum Gasteiger partial charge on any atom is -0.384 e. The van der Waals surface area contributed by atoms with Gasteiger partial charge in [-0.15, -0.1) is 0 Å². The van der Waals surface area contributed by atoms with Crippen LogP contribution >= 0.6 is 0 Å². The molecular formula is C13H23N3O. The Kier molecular flexibility index (Phi) is 3.72. The number of hydrogen-bond donors (Lipinski definition) is 1. The lowest BCUT2D eigenvalue weighted by molar-refractivity contribution is 0.00881. The molecule has 0 atom stereocenters. The Balaban J connectivity index is 1.89. The first-order valence-electron chi connectivity index (χ1n) is 6.47. The van der Waals surface area contributed by atoms with Gasteiger partial charge in [0.05, 0.1) is 18.4 Å². The summed E-state index contributed by atoms with van der Waals surface area (Å²) < 4.78 is 7.68. The lowest BCUT2D eigenvalue weighted by Gasteiger charge is -2.26. The number of aromatic nitrogens is 2. The number of nitrogen functional groups attached to an aromatic ring is 1. The SMILES string of the molecule is Cc1nn(C)c(N)c1COC1CCC(C)CC1. The second-order valence-electron chi connectivity index (χ2n) is 5.27. The van der Waals surface area contributed by atoms with Crippen LogP contribution < -0.4 is 5.73 Å². The number of nitrogens with two attached hydrogens (primary N) is 1. The third-order valence-corrected chi connectivity index (χ3v) is 3.82. The lowest BCUT2D eigenvalue weighted by Crippen LogP contribution is -2.20. The summed E-state index contributed by atoms with van der Waals surface area (Å²) in [6.45, 7) is 4.90. The fourth-order valence-corrected chi connectivity index (χ4v) is 2.50. The zero-order valence-electron chi connectivity index (χ0n) is 11.1. The van der Waals surface area contributed by atoms with Crippen LogP contribution in [0.2, 0.25) is 0 Å².